The minimum absolute atomic E-state index is 0.0732. The summed E-state index contributed by atoms with van der Waals surface area (Å²) in [5.74, 6) is 0.302. The summed E-state index contributed by atoms with van der Waals surface area (Å²) in [6.45, 7) is 6.22. The first-order valence-corrected chi connectivity index (χ1v) is 7.47. The Morgan fingerprint density at radius 2 is 2.09 bits per heavy atom. The van der Waals surface area contributed by atoms with E-state index in [1.807, 2.05) is 57.0 Å². The molecule has 0 saturated heterocycles. The third-order valence-corrected chi connectivity index (χ3v) is 2.93. The zero-order chi connectivity index (χ0) is 16.8. The van der Waals surface area contributed by atoms with Crippen LogP contribution in [0.15, 0.2) is 29.3 Å². The number of aliphatic imine (C=N–C) groups is 1. The Hall–Kier alpha value is -1.75. The normalized spacial score (nSPS) is 12.0. The molecule has 0 aliphatic rings. The van der Waals surface area contributed by atoms with Gasteiger partial charge in [-0.15, -0.1) is 0 Å². The fourth-order valence-electron chi connectivity index (χ4n) is 1.90. The van der Waals surface area contributed by atoms with E-state index in [2.05, 4.69) is 10.3 Å². The maximum absolute atomic E-state index is 11.7. The van der Waals surface area contributed by atoms with Gasteiger partial charge in [-0.2, -0.15) is 0 Å². The number of esters is 1. The van der Waals surface area contributed by atoms with Gasteiger partial charge in [0.05, 0.1) is 0 Å². The Bertz CT molecular complexity index is 538. The fourth-order valence-corrected chi connectivity index (χ4v) is 2.11. The van der Waals surface area contributed by atoms with E-state index in [9.17, 15) is 4.79 Å². The second-order valence-electron chi connectivity index (χ2n) is 5.97. The zero-order valence-electron chi connectivity index (χ0n) is 13.8. The quantitative estimate of drug-likeness (QED) is 0.525. The van der Waals surface area contributed by atoms with Gasteiger partial charge >= 0.3 is 5.97 Å². The second kappa shape index (κ2) is 8.03. The van der Waals surface area contributed by atoms with E-state index in [-0.39, 0.29) is 12.5 Å². The number of hydrogen-bond acceptors (Lipinski definition) is 3. The Morgan fingerprint density at radius 1 is 1.41 bits per heavy atom. The van der Waals surface area contributed by atoms with E-state index in [4.69, 9.17) is 16.3 Å². The van der Waals surface area contributed by atoms with E-state index in [1.54, 1.807) is 7.05 Å². The molecule has 1 aromatic rings. The van der Waals surface area contributed by atoms with Crippen LogP contribution in [-0.4, -0.2) is 43.1 Å². The number of rotatable bonds is 4. The molecule has 0 radical (unpaired) electrons. The van der Waals surface area contributed by atoms with Crippen molar-refractivity contribution in [2.75, 3.05) is 20.6 Å². The summed E-state index contributed by atoms with van der Waals surface area (Å²) in [4.78, 5) is 17.8. The van der Waals surface area contributed by atoms with Gasteiger partial charge in [0.1, 0.15) is 12.1 Å². The molecule has 1 N–H and O–H groups in total. The number of carbonyl (C=O) groups is 1. The highest BCUT2D eigenvalue weighted by Crippen LogP contribution is 2.12. The van der Waals surface area contributed by atoms with Gasteiger partial charge < -0.3 is 15.0 Å². The Labute approximate surface area is 137 Å². The van der Waals surface area contributed by atoms with E-state index in [0.29, 0.717) is 17.5 Å². The first-order chi connectivity index (χ1) is 10.2. The number of ether oxygens (including phenoxy) is 1. The van der Waals surface area contributed by atoms with Crippen LogP contribution in [0.1, 0.15) is 26.3 Å². The molecule has 0 aliphatic carbocycles. The third-order valence-electron chi connectivity index (χ3n) is 2.69. The summed E-state index contributed by atoms with van der Waals surface area (Å²) in [6.07, 6.45) is 0. The van der Waals surface area contributed by atoms with Gasteiger partial charge in [-0.3, -0.25) is 9.79 Å². The molecule has 0 heterocycles. The van der Waals surface area contributed by atoms with Crippen molar-refractivity contribution < 1.29 is 9.53 Å². The van der Waals surface area contributed by atoms with Crippen molar-refractivity contribution in [2.24, 2.45) is 4.99 Å². The van der Waals surface area contributed by atoms with E-state index < -0.39 is 5.60 Å². The van der Waals surface area contributed by atoms with Crippen molar-refractivity contribution in [2.45, 2.75) is 32.9 Å². The Kier molecular flexibility index (Phi) is 6.68. The first kappa shape index (κ1) is 18.3. The Balaban J connectivity index is 2.55. The van der Waals surface area contributed by atoms with E-state index in [0.717, 1.165) is 5.56 Å². The number of carbonyl (C=O) groups excluding carboxylic acids is 1. The van der Waals surface area contributed by atoms with Gasteiger partial charge in [0.2, 0.25) is 0 Å². The van der Waals surface area contributed by atoms with Crippen LogP contribution >= 0.6 is 11.6 Å². The summed E-state index contributed by atoms with van der Waals surface area (Å²) in [5, 5.41) is 3.69. The first-order valence-electron chi connectivity index (χ1n) is 7.09. The molecule has 0 unspecified atom stereocenters. The predicted octanol–water partition coefficient (Wildman–Crippen LogP) is 2.69. The third kappa shape index (κ3) is 6.80. The highest BCUT2D eigenvalue weighted by atomic mass is 35.5. The summed E-state index contributed by atoms with van der Waals surface area (Å²) in [5.41, 5.74) is 0.574. The molecule has 5 nitrogen and oxygen atoms in total. The lowest BCUT2D eigenvalue weighted by Crippen LogP contribution is -2.42. The minimum Gasteiger partial charge on any atom is -0.459 e. The molecule has 0 spiro atoms. The van der Waals surface area contributed by atoms with E-state index >= 15 is 0 Å². The van der Waals surface area contributed by atoms with Gasteiger partial charge in [-0.05, 0) is 38.5 Å². The lowest BCUT2D eigenvalue weighted by Gasteiger charge is -2.23. The van der Waals surface area contributed by atoms with Crippen LogP contribution in [0, 0.1) is 0 Å². The lowest BCUT2D eigenvalue weighted by molar-refractivity contribution is -0.153. The van der Waals surface area contributed by atoms with Crippen LogP contribution in [0.3, 0.4) is 0 Å². The summed E-state index contributed by atoms with van der Waals surface area (Å²) in [6, 6.07) is 7.63. The van der Waals surface area contributed by atoms with Gasteiger partial charge in [-0.1, -0.05) is 23.7 Å². The van der Waals surface area contributed by atoms with E-state index in [1.165, 1.54) is 0 Å². The average molecular weight is 326 g/mol. The van der Waals surface area contributed by atoms with Gasteiger partial charge in [0, 0.05) is 25.7 Å². The molecule has 22 heavy (non-hydrogen) atoms. The van der Waals surface area contributed by atoms with Crippen LogP contribution in [0.5, 0.6) is 0 Å². The lowest BCUT2D eigenvalue weighted by atomic mass is 10.2. The molecular weight excluding hydrogens is 302 g/mol. The maximum Gasteiger partial charge on any atom is 0.325 e. The highest BCUT2D eigenvalue weighted by molar-refractivity contribution is 6.30. The van der Waals surface area contributed by atoms with Crippen LogP contribution in [-0.2, 0) is 16.1 Å². The van der Waals surface area contributed by atoms with Crippen molar-refractivity contribution in [3.8, 4) is 0 Å². The van der Waals surface area contributed by atoms with Crippen molar-refractivity contribution in [3.05, 3.63) is 34.9 Å². The number of guanidine groups is 1. The maximum atomic E-state index is 11.7. The molecule has 1 rings (SSSR count). The number of hydrogen-bond donors (Lipinski definition) is 1. The largest absolute Gasteiger partial charge is 0.459 e. The monoisotopic (exact) mass is 325 g/mol. The molecule has 0 saturated carbocycles. The minimum atomic E-state index is -0.491. The molecule has 6 heteroatoms. The summed E-state index contributed by atoms with van der Waals surface area (Å²) >= 11 is 5.98. The molecule has 0 amide bonds. The van der Waals surface area contributed by atoms with Crippen LogP contribution in [0.25, 0.3) is 0 Å². The van der Waals surface area contributed by atoms with Crippen LogP contribution in [0.4, 0.5) is 0 Å². The van der Waals surface area contributed by atoms with Gasteiger partial charge in [0.25, 0.3) is 0 Å². The molecule has 122 valence electrons. The highest BCUT2D eigenvalue weighted by Gasteiger charge is 2.17. The van der Waals surface area contributed by atoms with Crippen molar-refractivity contribution >= 4 is 23.5 Å². The summed E-state index contributed by atoms with van der Waals surface area (Å²) < 4.78 is 5.25. The number of benzene rings is 1. The molecule has 0 aliphatic heterocycles. The number of nitrogens with one attached hydrogen (secondary N) is 1. The Morgan fingerprint density at radius 3 is 2.64 bits per heavy atom. The molecule has 1 aromatic carbocycles. The van der Waals surface area contributed by atoms with Crippen LogP contribution < -0.4 is 5.32 Å². The fraction of sp³-hybridized carbons (Fsp3) is 0.500. The molecule has 0 aromatic heterocycles. The van der Waals surface area contributed by atoms with Crippen molar-refractivity contribution in [1.29, 1.82) is 0 Å². The van der Waals surface area contributed by atoms with Gasteiger partial charge in [0.15, 0.2) is 5.96 Å². The summed E-state index contributed by atoms with van der Waals surface area (Å²) in [7, 11) is 3.57. The number of nitrogens with zero attached hydrogens (tertiary/aromatic N) is 2. The SMILES string of the molecule is CN=C(NCC(=O)OC(C)(C)C)N(C)Cc1cccc(Cl)c1. The molecule has 0 fully saturated rings. The van der Waals surface area contributed by atoms with Crippen molar-refractivity contribution in [1.82, 2.24) is 10.2 Å². The average Bonchev–Trinajstić information content (AvgIpc) is 2.37. The topological polar surface area (TPSA) is 53.9 Å². The zero-order valence-corrected chi connectivity index (χ0v) is 14.6. The molecule has 0 bridgehead atoms. The van der Waals surface area contributed by atoms with Crippen molar-refractivity contribution in [3.63, 3.8) is 0 Å². The second-order valence-corrected chi connectivity index (χ2v) is 6.41. The van der Waals surface area contributed by atoms with Gasteiger partial charge in [-0.25, -0.2) is 0 Å². The standard InChI is InChI=1S/C16H24ClN3O2/c1-16(2,3)22-14(21)10-19-15(18-4)20(5)11-12-7-6-8-13(17)9-12/h6-9H,10-11H2,1-5H3,(H,18,19). The predicted molar refractivity (Wildman–Crippen MR) is 90.1 cm³/mol. The molecule has 0 atom stereocenters. The number of halogens is 1. The smallest absolute Gasteiger partial charge is 0.325 e. The van der Waals surface area contributed by atoms with Crippen LogP contribution in [0.2, 0.25) is 5.02 Å². The molecular formula is C16H24ClN3O2.